The fourth-order valence-corrected chi connectivity index (χ4v) is 20.1. The summed E-state index contributed by atoms with van der Waals surface area (Å²) >= 11 is 29.6. The first kappa shape index (κ1) is 108. The standard InChI is InChI=1S/C32H33ClFN3O5.C32H31ClFN3O5.C12H17ClFN3O2.C12H16ClFN2O3.C11H14ClFN2O4/c2*1-21-28(34)29(42-31(21,19-33)20-38)37-18-17-27(35-30(37)39)36-32(22-7-5-4-6-8-22,23-9-13-25(40-2)14-10-23)24-11-15-26(41-3)16-12-24;1-3-12(6-13)7(2)9(14)10(19-12)17-5-4-8(15)16-11(17)18;1-3-12(6-13)7(2)9(14)10(19-12)16-5-4-8(17)15-11(16)18;1-6-8(13)9(19-11(6,4-12)5-16)15-3-2-7(17)14-10(15)18/h4-18,21,28-29,38H,19-20H2,1-3H3,(H,35,36,39);4-18,20-21,28-29H,19H2,1-3H3,(H,35,36,39);4-5,7,9-10H,3,6H2,1-2H3,(H2,15,16,18);4-5,7,9-10H,3,6H2,1-2H3,(H,15,17,18);2-3,6,8-9,16H,4-5H2,1H3,(H,14,17,18)/t2*21-,28+,29+,31+;2*7-,9+,10+,12-;6-,8+,9+,11+/m00000/s1. The van der Waals surface area contributed by atoms with Crippen molar-refractivity contribution in [3.05, 3.63) is 326 Å². The largest absolute Gasteiger partial charge is 0.497 e. The number of aliphatic hydroxyl groups excluding tert-OH is 2. The molecule has 5 saturated heterocycles. The van der Waals surface area contributed by atoms with Gasteiger partial charge in [-0.15, -0.1) is 58.0 Å². The molecule has 32 nitrogen and oxygen atoms in total. The van der Waals surface area contributed by atoms with Gasteiger partial charge in [-0.1, -0.05) is 158 Å². The average molecular weight is 2060 g/mol. The SMILES string of the molecule is CC[C@@]1(CCl)O[C@@H](n2ccc(=O)[nH]c2=O)[C@H](F)[C@@H]1C.CC[C@@]1(CCl)O[C@@H](n2ccc(N)nc2=O)[C@H](F)[C@@H]1C.COc1ccc(C(Nc2ccn([C@@H]3O[C@@](C=O)(CCl)[C@@H](C)[C@H]3F)c(=O)n2)(c2ccccc2)c2ccc(OC)cc2)cc1.COc1ccc(C(Nc2ccn([C@@H]3O[C@@](CO)(CCl)[C@@H](C)[C@H]3F)c(=O)n2)(c2ccccc2)c2ccc(OC)cc2)cc1.C[C@H]1[C@@H](F)[C@H](n2ccc(=O)[nH]c2=O)O[C@@]1(CO)CCl. The van der Waals surface area contributed by atoms with Gasteiger partial charge in [-0.25, -0.2) is 45.9 Å². The molecular formula is C99H111Cl5F5N13O19. The average Bonchev–Trinajstić information content (AvgIpc) is 1.74. The Bertz CT molecular complexity index is 6280. The lowest BCUT2D eigenvalue weighted by molar-refractivity contribution is -0.134. The lowest BCUT2D eigenvalue weighted by atomic mass is 9.77. The van der Waals surface area contributed by atoms with Crippen molar-refractivity contribution in [1.82, 2.24) is 47.8 Å². The second-order valence-electron chi connectivity index (χ2n) is 34.7. The van der Waals surface area contributed by atoms with Crippen molar-refractivity contribution in [2.75, 3.05) is 87.4 Å². The van der Waals surface area contributed by atoms with Gasteiger partial charge in [-0.2, -0.15) is 15.0 Å². The summed E-state index contributed by atoms with van der Waals surface area (Å²) in [4.78, 5) is 112. The number of carbonyl (C=O) groups is 1. The number of hydrogen-bond acceptors (Lipinski definition) is 25. The Morgan fingerprint density at radius 3 is 0.901 bits per heavy atom. The van der Waals surface area contributed by atoms with Crippen molar-refractivity contribution in [3.63, 3.8) is 0 Å². The van der Waals surface area contributed by atoms with E-state index in [1.807, 2.05) is 177 Å². The highest BCUT2D eigenvalue weighted by atomic mass is 35.5. The van der Waals surface area contributed by atoms with Crippen LogP contribution in [0.4, 0.5) is 39.4 Å². The van der Waals surface area contributed by atoms with Crippen LogP contribution < -0.4 is 74.9 Å². The van der Waals surface area contributed by atoms with Gasteiger partial charge in [0.15, 0.2) is 68.3 Å². The van der Waals surface area contributed by atoms with E-state index in [0.29, 0.717) is 42.1 Å². The summed E-state index contributed by atoms with van der Waals surface area (Å²) in [7, 11) is 6.41. The molecule has 0 spiro atoms. The van der Waals surface area contributed by atoms with E-state index in [1.54, 1.807) is 68.3 Å². The molecule has 42 heteroatoms. The molecule has 8 N–H and O–H groups in total. The summed E-state index contributed by atoms with van der Waals surface area (Å²) in [6, 6.07) is 56.9. The maximum Gasteiger partial charge on any atom is 0.351 e. The zero-order chi connectivity index (χ0) is 102. The molecule has 0 aliphatic carbocycles. The quantitative estimate of drug-likeness (QED) is 0.00990. The van der Waals surface area contributed by atoms with Crippen LogP contribution in [-0.2, 0) is 39.6 Å². The Kier molecular flexibility index (Phi) is 35.5. The second kappa shape index (κ2) is 46.2. The zero-order valence-corrected chi connectivity index (χ0v) is 82.4. The van der Waals surface area contributed by atoms with Crippen LogP contribution in [0.1, 0.15) is 126 Å². The molecular weight excluding hydrogens is 1950 g/mol. The number of aromatic nitrogens is 10. The number of H-pyrrole nitrogens is 2. The van der Waals surface area contributed by atoms with Crippen molar-refractivity contribution >= 4 is 81.7 Å². The number of carbonyl (C=O) groups excluding carboxylic acids is 1. The fourth-order valence-electron chi connectivity index (χ4n) is 17.9. The number of alkyl halides is 10. The maximum atomic E-state index is 15.4. The molecule has 0 amide bonds. The molecule has 0 saturated carbocycles. The first-order valence-electron chi connectivity index (χ1n) is 45.0. The van der Waals surface area contributed by atoms with Gasteiger partial charge in [0.05, 0.1) is 82.3 Å². The Labute approximate surface area is 832 Å². The number of halogens is 10. The van der Waals surface area contributed by atoms with Crippen LogP contribution in [-0.4, -0.2) is 194 Å². The minimum atomic E-state index is -1.64. The highest BCUT2D eigenvalue weighted by Gasteiger charge is 2.59. The van der Waals surface area contributed by atoms with Gasteiger partial charge in [0.2, 0.25) is 0 Å². The number of aliphatic hydroxyl groups is 2. The molecule has 0 bridgehead atoms. The van der Waals surface area contributed by atoms with Gasteiger partial charge >= 0.3 is 28.4 Å². The van der Waals surface area contributed by atoms with Gasteiger partial charge in [-0.05, 0) is 113 Å². The fraction of sp³-hybridized carbons (Fsp3) is 0.424. The van der Waals surface area contributed by atoms with Crippen LogP contribution >= 0.6 is 58.0 Å². The molecule has 10 heterocycles. The smallest absolute Gasteiger partial charge is 0.351 e. The van der Waals surface area contributed by atoms with Crippen LogP contribution in [0, 0.1) is 29.6 Å². The van der Waals surface area contributed by atoms with E-state index >= 15 is 8.78 Å². The lowest BCUT2D eigenvalue weighted by Crippen LogP contribution is -2.42. The van der Waals surface area contributed by atoms with Crippen LogP contribution in [0.15, 0.2) is 253 Å². The third-order valence-electron chi connectivity index (χ3n) is 27.4. The number of anilines is 3. The van der Waals surface area contributed by atoms with Gasteiger partial charge < -0.3 is 74.0 Å². The number of ether oxygens (including phenoxy) is 9. The minimum absolute atomic E-state index is 0.0975. The summed E-state index contributed by atoms with van der Waals surface area (Å²) < 4.78 is 129. The molecule has 0 radical (unpaired) electrons. The highest BCUT2D eigenvalue weighted by Crippen LogP contribution is 2.51. The van der Waals surface area contributed by atoms with Crippen LogP contribution in [0.25, 0.3) is 0 Å². The molecule has 756 valence electrons. The number of nitrogens with zero attached hydrogens (tertiary/aromatic N) is 8. The van der Waals surface area contributed by atoms with Crippen LogP contribution in [0.2, 0.25) is 0 Å². The highest BCUT2D eigenvalue weighted by molar-refractivity contribution is 6.20. The Hall–Kier alpha value is -11.6. The number of benzene rings is 6. The molecule has 5 fully saturated rings. The summed E-state index contributed by atoms with van der Waals surface area (Å²) in [6.45, 7) is 11.0. The molecule has 5 aliphatic rings. The van der Waals surface area contributed by atoms with Crippen molar-refractivity contribution in [2.24, 2.45) is 29.6 Å². The summed E-state index contributed by atoms with van der Waals surface area (Å²) in [5, 5.41) is 26.3. The van der Waals surface area contributed by atoms with E-state index in [4.69, 9.17) is 106 Å². The minimum Gasteiger partial charge on any atom is -0.497 e. The summed E-state index contributed by atoms with van der Waals surface area (Å²) in [6.07, 6.45) is -5.03. The van der Waals surface area contributed by atoms with E-state index in [9.17, 15) is 61.7 Å². The molecule has 141 heavy (non-hydrogen) atoms. The third-order valence-corrected chi connectivity index (χ3v) is 29.6. The van der Waals surface area contributed by atoms with E-state index < -0.39 is 183 Å². The normalized spacial score (nSPS) is 27.1. The Morgan fingerprint density at radius 1 is 0.383 bits per heavy atom. The number of nitrogens with one attached hydrogen (secondary N) is 4. The number of rotatable bonds is 29. The third kappa shape index (κ3) is 21.6. The molecule has 20 atom stereocenters. The van der Waals surface area contributed by atoms with Crippen molar-refractivity contribution in [1.29, 1.82) is 0 Å². The van der Waals surface area contributed by atoms with E-state index in [2.05, 4.69) is 30.6 Å². The predicted molar refractivity (Wildman–Crippen MR) is 523 cm³/mol. The van der Waals surface area contributed by atoms with Crippen molar-refractivity contribution < 1.29 is 79.6 Å². The van der Waals surface area contributed by atoms with Gasteiger partial charge in [0, 0.05) is 72.7 Å². The molecule has 11 aromatic rings. The zero-order valence-electron chi connectivity index (χ0n) is 78.7. The Morgan fingerprint density at radius 2 is 0.652 bits per heavy atom. The number of nitrogen functional groups attached to an aromatic ring is 1. The molecule has 5 aromatic heterocycles. The number of methoxy groups -OCH3 is 4. The number of aldehydes is 1. The summed E-state index contributed by atoms with van der Waals surface area (Å²) in [5.74, 6) is 0.151. The number of hydrogen-bond donors (Lipinski definition) is 7. The predicted octanol–water partition coefficient (Wildman–Crippen LogP) is 13.6. The van der Waals surface area contributed by atoms with Gasteiger partial charge in [0.25, 0.3) is 11.1 Å². The Balaban J connectivity index is 0.000000166. The number of nitrogens with two attached hydrogens (primary N) is 1. The van der Waals surface area contributed by atoms with E-state index in [1.165, 1.54) is 37.8 Å². The monoisotopic (exact) mass is 2060 g/mol. The lowest BCUT2D eigenvalue weighted by Gasteiger charge is -2.37. The van der Waals surface area contributed by atoms with Crippen molar-refractivity contribution in [3.8, 4) is 23.0 Å². The van der Waals surface area contributed by atoms with Crippen LogP contribution in [0.5, 0.6) is 23.0 Å². The first-order valence-corrected chi connectivity index (χ1v) is 47.6. The summed E-state index contributed by atoms with van der Waals surface area (Å²) in [5.41, 5.74) is -1.69. The van der Waals surface area contributed by atoms with Crippen molar-refractivity contribution in [2.45, 2.75) is 162 Å². The number of aromatic amines is 2. The van der Waals surface area contributed by atoms with Gasteiger partial charge in [0.1, 0.15) is 68.3 Å². The molecule has 5 aliphatic heterocycles. The molecule has 0 unspecified atom stereocenters. The second-order valence-corrected chi connectivity index (χ2v) is 36.0. The van der Waals surface area contributed by atoms with E-state index in [-0.39, 0.29) is 46.9 Å². The maximum absolute atomic E-state index is 15.4. The molecule has 16 rings (SSSR count). The van der Waals surface area contributed by atoms with E-state index in [0.717, 1.165) is 74.5 Å². The first-order chi connectivity index (χ1) is 67.5. The molecule has 6 aromatic carbocycles. The van der Waals surface area contributed by atoms with Crippen LogP contribution in [0.3, 0.4) is 0 Å². The van der Waals surface area contributed by atoms with Gasteiger partial charge in [-0.3, -0.25) is 42.4 Å². The topological polar surface area (TPSA) is 405 Å².